The Morgan fingerprint density at radius 3 is 2.65 bits per heavy atom. The Kier molecular flexibility index (Phi) is 8.74. The maximum absolute atomic E-state index is 9.54. The molecule has 0 saturated heterocycles. The van der Waals surface area contributed by atoms with Crippen molar-refractivity contribution < 1.29 is 9.84 Å². The monoisotopic (exact) mass is 285 g/mol. The van der Waals surface area contributed by atoms with E-state index in [1.54, 1.807) is 0 Å². The number of nitrogens with one attached hydrogen (secondary N) is 1. The third-order valence-electron chi connectivity index (χ3n) is 4.72. The Balaban J connectivity index is 2.22. The molecule has 3 atom stereocenters. The Hall–Kier alpha value is -0.120. The normalized spacial score (nSPS) is 26.4. The molecule has 2 N–H and O–H groups in total. The molecule has 0 aromatic rings. The average molecular weight is 285 g/mol. The van der Waals surface area contributed by atoms with E-state index >= 15 is 0 Å². The van der Waals surface area contributed by atoms with Crippen molar-refractivity contribution in [3.8, 4) is 0 Å². The average Bonchev–Trinajstić information content (AvgIpc) is 2.50. The van der Waals surface area contributed by atoms with E-state index in [4.69, 9.17) is 4.74 Å². The highest BCUT2D eigenvalue weighted by atomic mass is 16.5. The van der Waals surface area contributed by atoms with Crippen molar-refractivity contribution in [2.75, 3.05) is 19.8 Å². The second-order valence-electron chi connectivity index (χ2n) is 6.61. The van der Waals surface area contributed by atoms with Crippen LogP contribution in [0, 0.1) is 5.92 Å². The SMILES string of the molecule is CCCNC(C)(CO)CCCOC1CCCCC1CC. The minimum absolute atomic E-state index is 0.143. The summed E-state index contributed by atoms with van der Waals surface area (Å²) >= 11 is 0. The lowest BCUT2D eigenvalue weighted by molar-refractivity contribution is -0.0160. The van der Waals surface area contributed by atoms with Gasteiger partial charge in [-0.25, -0.2) is 0 Å². The molecule has 0 aromatic carbocycles. The summed E-state index contributed by atoms with van der Waals surface area (Å²) in [5.41, 5.74) is -0.143. The van der Waals surface area contributed by atoms with Crippen molar-refractivity contribution in [3.05, 3.63) is 0 Å². The van der Waals surface area contributed by atoms with Crippen molar-refractivity contribution in [1.29, 1.82) is 0 Å². The van der Waals surface area contributed by atoms with Gasteiger partial charge in [0, 0.05) is 12.1 Å². The van der Waals surface area contributed by atoms with Gasteiger partial charge in [0.15, 0.2) is 0 Å². The highest BCUT2D eigenvalue weighted by molar-refractivity contribution is 4.82. The zero-order chi connectivity index (χ0) is 14.8. The van der Waals surface area contributed by atoms with Gasteiger partial charge in [-0.05, 0) is 51.5 Å². The van der Waals surface area contributed by atoms with Crippen LogP contribution in [0.1, 0.15) is 72.1 Å². The maximum atomic E-state index is 9.54. The lowest BCUT2D eigenvalue weighted by Gasteiger charge is -2.32. The van der Waals surface area contributed by atoms with E-state index in [1.807, 2.05) is 0 Å². The van der Waals surface area contributed by atoms with Crippen LogP contribution in [0.4, 0.5) is 0 Å². The first-order chi connectivity index (χ1) is 9.65. The van der Waals surface area contributed by atoms with Gasteiger partial charge in [0.05, 0.1) is 12.7 Å². The van der Waals surface area contributed by atoms with Crippen molar-refractivity contribution in [2.45, 2.75) is 83.8 Å². The van der Waals surface area contributed by atoms with Gasteiger partial charge in [-0.15, -0.1) is 0 Å². The third kappa shape index (κ3) is 6.11. The Labute approximate surface area is 125 Å². The highest BCUT2D eigenvalue weighted by Gasteiger charge is 2.25. The first-order valence-electron chi connectivity index (χ1n) is 8.62. The molecular weight excluding hydrogens is 250 g/mol. The zero-order valence-electron chi connectivity index (χ0n) is 13.8. The molecule has 0 amide bonds. The molecule has 1 rings (SSSR count). The van der Waals surface area contributed by atoms with Crippen molar-refractivity contribution in [3.63, 3.8) is 0 Å². The van der Waals surface area contributed by atoms with Crippen LogP contribution in [0.15, 0.2) is 0 Å². The second-order valence-corrected chi connectivity index (χ2v) is 6.61. The third-order valence-corrected chi connectivity index (χ3v) is 4.72. The van der Waals surface area contributed by atoms with E-state index in [-0.39, 0.29) is 12.1 Å². The summed E-state index contributed by atoms with van der Waals surface area (Å²) in [6.07, 6.45) is 10.1. The number of aliphatic hydroxyl groups is 1. The molecular formula is C17H35NO2. The van der Waals surface area contributed by atoms with Gasteiger partial charge < -0.3 is 15.2 Å². The molecule has 20 heavy (non-hydrogen) atoms. The lowest BCUT2D eigenvalue weighted by Crippen LogP contribution is -2.46. The summed E-state index contributed by atoms with van der Waals surface area (Å²) in [7, 11) is 0. The lowest BCUT2D eigenvalue weighted by atomic mass is 9.85. The predicted octanol–water partition coefficient (Wildman–Crippen LogP) is 3.50. The topological polar surface area (TPSA) is 41.5 Å². The van der Waals surface area contributed by atoms with Crippen molar-refractivity contribution >= 4 is 0 Å². The first-order valence-corrected chi connectivity index (χ1v) is 8.62. The molecule has 0 bridgehead atoms. The minimum Gasteiger partial charge on any atom is -0.394 e. The van der Waals surface area contributed by atoms with Gasteiger partial charge in [-0.3, -0.25) is 0 Å². The fourth-order valence-corrected chi connectivity index (χ4v) is 3.21. The van der Waals surface area contributed by atoms with Crippen LogP contribution >= 0.6 is 0 Å². The van der Waals surface area contributed by atoms with Crippen LogP contribution in [-0.2, 0) is 4.74 Å². The molecule has 1 saturated carbocycles. The number of hydrogen-bond acceptors (Lipinski definition) is 3. The molecule has 3 unspecified atom stereocenters. The number of hydrogen-bond donors (Lipinski definition) is 2. The molecule has 1 aliphatic rings. The van der Waals surface area contributed by atoms with Crippen LogP contribution in [0.3, 0.4) is 0 Å². The molecule has 120 valence electrons. The standard InChI is InChI=1S/C17H35NO2/c1-4-12-18-17(3,14-19)11-8-13-20-16-10-7-6-9-15(16)5-2/h15-16,18-19H,4-14H2,1-3H3. The van der Waals surface area contributed by atoms with Crippen molar-refractivity contribution in [2.24, 2.45) is 5.92 Å². The minimum atomic E-state index is -0.143. The molecule has 3 heteroatoms. The van der Waals surface area contributed by atoms with Gasteiger partial charge >= 0.3 is 0 Å². The number of aliphatic hydroxyl groups excluding tert-OH is 1. The number of rotatable bonds is 10. The molecule has 0 spiro atoms. The first kappa shape index (κ1) is 17.9. The van der Waals surface area contributed by atoms with Crippen LogP contribution in [-0.4, -0.2) is 36.5 Å². The van der Waals surface area contributed by atoms with E-state index in [1.165, 1.54) is 32.1 Å². The van der Waals surface area contributed by atoms with E-state index in [0.717, 1.165) is 38.3 Å². The fourth-order valence-electron chi connectivity index (χ4n) is 3.21. The molecule has 0 heterocycles. The summed E-state index contributed by atoms with van der Waals surface area (Å²) < 4.78 is 6.12. The van der Waals surface area contributed by atoms with E-state index < -0.39 is 0 Å². The summed E-state index contributed by atoms with van der Waals surface area (Å²) in [6.45, 7) is 8.56. The summed E-state index contributed by atoms with van der Waals surface area (Å²) in [5, 5.41) is 13.0. The summed E-state index contributed by atoms with van der Waals surface area (Å²) in [6, 6.07) is 0. The molecule has 0 aromatic heterocycles. The summed E-state index contributed by atoms with van der Waals surface area (Å²) in [4.78, 5) is 0. The largest absolute Gasteiger partial charge is 0.394 e. The molecule has 3 nitrogen and oxygen atoms in total. The van der Waals surface area contributed by atoms with E-state index in [0.29, 0.717) is 6.10 Å². The zero-order valence-corrected chi connectivity index (χ0v) is 13.8. The molecule has 0 aliphatic heterocycles. The molecule has 0 radical (unpaired) electrons. The van der Waals surface area contributed by atoms with E-state index in [2.05, 4.69) is 26.1 Å². The van der Waals surface area contributed by atoms with Crippen LogP contribution in [0.2, 0.25) is 0 Å². The van der Waals surface area contributed by atoms with Gasteiger partial charge in [-0.2, -0.15) is 0 Å². The smallest absolute Gasteiger partial charge is 0.0610 e. The summed E-state index contributed by atoms with van der Waals surface area (Å²) in [5.74, 6) is 0.770. The van der Waals surface area contributed by atoms with Crippen molar-refractivity contribution in [1.82, 2.24) is 5.32 Å². The van der Waals surface area contributed by atoms with Gasteiger partial charge in [0.1, 0.15) is 0 Å². The van der Waals surface area contributed by atoms with Crippen LogP contribution in [0.25, 0.3) is 0 Å². The Bertz CT molecular complexity index is 247. The molecule has 1 fully saturated rings. The van der Waals surface area contributed by atoms with Gasteiger partial charge in [0.25, 0.3) is 0 Å². The quantitative estimate of drug-likeness (QED) is 0.604. The fraction of sp³-hybridized carbons (Fsp3) is 1.00. The Morgan fingerprint density at radius 1 is 1.25 bits per heavy atom. The second kappa shape index (κ2) is 9.75. The Morgan fingerprint density at radius 2 is 2.00 bits per heavy atom. The van der Waals surface area contributed by atoms with E-state index in [9.17, 15) is 5.11 Å². The van der Waals surface area contributed by atoms with Gasteiger partial charge in [0.2, 0.25) is 0 Å². The van der Waals surface area contributed by atoms with Crippen LogP contribution < -0.4 is 5.32 Å². The maximum Gasteiger partial charge on any atom is 0.0610 e. The highest BCUT2D eigenvalue weighted by Crippen LogP contribution is 2.29. The van der Waals surface area contributed by atoms with Crippen LogP contribution in [0.5, 0.6) is 0 Å². The van der Waals surface area contributed by atoms with Gasteiger partial charge in [-0.1, -0.05) is 33.1 Å². The predicted molar refractivity (Wildman–Crippen MR) is 85.0 cm³/mol. The number of ether oxygens (including phenoxy) is 1. The molecule has 1 aliphatic carbocycles.